The average Bonchev–Trinajstić information content (AvgIpc) is 3.02. The fraction of sp³-hybridized carbons (Fsp3) is 0.273. The third-order valence-electron chi connectivity index (χ3n) is 4.81. The molecule has 1 saturated heterocycles. The number of nitrogens with one attached hydrogen (secondary N) is 1. The van der Waals surface area contributed by atoms with Crippen LogP contribution in [-0.4, -0.2) is 29.6 Å². The standard InChI is InChI=1S/C22H24N2O3/c1-15-8-9-16(2)20(14-15)23-19(22(26)27)11-10-17-12-13-24(21(17)25)18-6-4-3-5-7-18/h3-10,14,19,23H,11-13H2,1-2H3,(H,26,27)/b17-10+. The van der Waals surface area contributed by atoms with E-state index < -0.39 is 12.0 Å². The molecule has 0 bridgehead atoms. The van der Waals surface area contributed by atoms with Crippen molar-refractivity contribution in [1.82, 2.24) is 0 Å². The Bertz CT molecular complexity index is 874. The summed E-state index contributed by atoms with van der Waals surface area (Å²) in [6.45, 7) is 4.53. The Balaban J connectivity index is 1.71. The summed E-state index contributed by atoms with van der Waals surface area (Å²) < 4.78 is 0. The molecule has 0 spiro atoms. The SMILES string of the molecule is Cc1ccc(C)c(NC(C/C=C2\CCN(c3ccccc3)C2=O)C(=O)O)c1. The average molecular weight is 364 g/mol. The molecule has 0 aromatic heterocycles. The number of carboxylic acid groups (broad SMARTS) is 1. The zero-order chi connectivity index (χ0) is 19.4. The van der Waals surface area contributed by atoms with Crippen LogP contribution in [0.25, 0.3) is 0 Å². The Morgan fingerprint density at radius 2 is 1.96 bits per heavy atom. The maximum Gasteiger partial charge on any atom is 0.326 e. The molecule has 0 aliphatic carbocycles. The number of benzene rings is 2. The number of hydrogen-bond acceptors (Lipinski definition) is 3. The number of nitrogens with zero attached hydrogens (tertiary/aromatic N) is 1. The third kappa shape index (κ3) is 4.37. The summed E-state index contributed by atoms with van der Waals surface area (Å²) in [7, 11) is 0. The molecule has 140 valence electrons. The number of aliphatic carboxylic acids is 1. The molecule has 1 heterocycles. The molecular formula is C22H24N2O3. The number of para-hydroxylation sites is 1. The van der Waals surface area contributed by atoms with E-state index in [1.165, 1.54) is 0 Å². The van der Waals surface area contributed by atoms with E-state index >= 15 is 0 Å². The number of carboxylic acids is 1. The first-order chi connectivity index (χ1) is 13.0. The number of amides is 1. The van der Waals surface area contributed by atoms with Gasteiger partial charge in [0.25, 0.3) is 5.91 Å². The minimum atomic E-state index is -0.932. The highest BCUT2D eigenvalue weighted by atomic mass is 16.4. The van der Waals surface area contributed by atoms with Gasteiger partial charge in [0, 0.05) is 23.5 Å². The second-order valence-corrected chi connectivity index (χ2v) is 6.86. The summed E-state index contributed by atoms with van der Waals surface area (Å²) >= 11 is 0. The number of carbonyl (C=O) groups is 2. The van der Waals surface area contributed by atoms with Crippen molar-refractivity contribution in [2.24, 2.45) is 0 Å². The van der Waals surface area contributed by atoms with Gasteiger partial charge in [-0.3, -0.25) is 4.79 Å². The molecule has 2 aromatic carbocycles. The van der Waals surface area contributed by atoms with Crippen LogP contribution in [-0.2, 0) is 9.59 Å². The van der Waals surface area contributed by atoms with Gasteiger partial charge in [0.2, 0.25) is 0 Å². The van der Waals surface area contributed by atoms with Crippen LogP contribution in [0, 0.1) is 13.8 Å². The van der Waals surface area contributed by atoms with Crippen molar-refractivity contribution in [1.29, 1.82) is 0 Å². The van der Waals surface area contributed by atoms with Crippen LogP contribution in [0.3, 0.4) is 0 Å². The molecule has 2 N–H and O–H groups in total. The minimum Gasteiger partial charge on any atom is -0.480 e. The van der Waals surface area contributed by atoms with Crippen LogP contribution in [0.1, 0.15) is 24.0 Å². The molecule has 1 aliphatic heterocycles. The molecule has 5 nitrogen and oxygen atoms in total. The molecular weight excluding hydrogens is 340 g/mol. The summed E-state index contributed by atoms with van der Waals surface area (Å²) in [6, 6.07) is 14.6. The van der Waals surface area contributed by atoms with E-state index in [2.05, 4.69) is 5.32 Å². The molecule has 1 atom stereocenters. The largest absolute Gasteiger partial charge is 0.480 e. The van der Waals surface area contributed by atoms with Gasteiger partial charge in [-0.25, -0.2) is 4.79 Å². The molecule has 3 rings (SSSR count). The van der Waals surface area contributed by atoms with E-state index in [1.54, 1.807) is 11.0 Å². The molecule has 2 aromatic rings. The van der Waals surface area contributed by atoms with Crippen molar-refractivity contribution in [2.45, 2.75) is 32.7 Å². The van der Waals surface area contributed by atoms with Crippen LogP contribution in [0.15, 0.2) is 60.2 Å². The van der Waals surface area contributed by atoms with Gasteiger partial charge in [-0.05, 0) is 56.0 Å². The Morgan fingerprint density at radius 1 is 1.22 bits per heavy atom. The zero-order valence-corrected chi connectivity index (χ0v) is 15.6. The van der Waals surface area contributed by atoms with E-state index in [1.807, 2.05) is 62.4 Å². The van der Waals surface area contributed by atoms with E-state index in [0.29, 0.717) is 18.5 Å². The summed E-state index contributed by atoms with van der Waals surface area (Å²) in [5.41, 5.74) is 4.41. The minimum absolute atomic E-state index is 0.0444. The van der Waals surface area contributed by atoms with E-state index in [4.69, 9.17) is 0 Å². The monoisotopic (exact) mass is 364 g/mol. The lowest BCUT2D eigenvalue weighted by atomic mass is 10.1. The Hall–Kier alpha value is -3.08. The number of rotatable bonds is 6. The second kappa shape index (κ2) is 8.08. The smallest absolute Gasteiger partial charge is 0.326 e. The highest BCUT2D eigenvalue weighted by Gasteiger charge is 2.27. The van der Waals surface area contributed by atoms with Crippen molar-refractivity contribution in [3.63, 3.8) is 0 Å². The quantitative estimate of drug-likeness (QED) is 0.762. The first kappa shape index (κ1) is 18.7. The number of aryl methyl sites for hydroxylation is 2. The number of anilines is 2. The molecule has 1 fully saturated rings. The van der Waals surface area contributed by atoms with Gasteiger partial charge in [-0.1, -0.05) is 36.4 Å². The van der Waals surface area contributed by atoms with E-state index in [9.17, 15) is 14.7 Å². The zero-order valence-electron chi connectivity index (χ0n) is 15.6. The van der Waals surface area contributed by atoms with Crippen LogP contribution >= 0.6 is 0 Å². The predicted molar refractivity (Wildman–Crippen MR) is 107 cm³/mol. The predicted octanol–water partition coefficient (Wildman–Crippen LogP) is 3.92. The van der Waals surface area contributed by atoms with Crippen LogP contribution < -0.4 is 10.2 Å². The van der Waals surface area contributed by atoms with Gasteiger partial charge in [0.05, 0.1) is 0 Å². The van der Waals surface area contributed by atoms with Crippen LogP contribution in [0.2, 0.25) is 0 Å². The third-order valence-corrected chi connectivity index (χ3v) is 4.81. The van der Waals surface area contributed by atoms with Gasteiger partial charge in [0.1, 0.15) is 6.04 Å². The number of hydrogen-bond donors (Lipinski definition) is 2. The normalized spacial score (nSPS) is 16.6. The highest BCUT2D eigenvalue weighted by molar-refractivity contribution is 6.08. The van der Waals surface area contributed by atoms with Crippen molar-refractivity contribution in [3.8, 4) is 0 Å². The Morgan fingerprint density at radius 3 is 2.67 bits per heavy atom. The summed E-state index contributed by atoms with van der Waals surface area (Å²) in [5.74, 6) is -0.977. The van der Waals surface area contributed by atoms with E-state index in [-0.39, 0.29) is 12.3 Å². The molecule has 1 unspecified atom stereocenters. The van der Waals surface area contributed by atoms with Crippen LogP contribution in [0.4, 0.5) is 11.4 Å². The first-order valence-electron chi connectivity index (χ1n) is 9.08. The van der Waals surface area contributed by atoms with E-state index in [0.717, 1.165) is 22.5 Å². The summed E-state index contributed by atoms with van der Waals surface area (Å²) in [4.78, 5) is 26.1. The summed E-state index contributed by atoms with van der Waals surface area (Å²) in [5, 5.41) is 12.7. The lowest BCUT2D eigenvalue weighted by Crippen LogP contribution is -2.29. The van der Waals surface area contributed by atoms with Gasteiger partial charge in [-0.15, -0.1) is 0 Å². The fourth-order valence-corrected chi connectivity index (χ4v) is 3.22. The maximum absolute atomic E-state index is 12.6. The van der Waals surface area contributed by atoms with Gasteiger partial charge in [0.15, 0.2) is 0 Å². The van der Waals surface area contributed by atoms with Gasteiger partial charge in [-0.2, -0.15) is 0 Å². The number of carbonyl (C=O) groups excluding carboxylic acids is 1. The molecule has 1 amide bonds. The lowest BCUT2D eigenvalue weighted by Gasteiger charge is -2.17. The van der Waals surface area contributed by atoms with Crippen molar-refractivity contribution >= 4 is 23.3 Å². The molecule has 0 radical (unpaired) electrons. The Kier molecular flexibility index (Phi) is 5.60. The van der Waals surface area contributed by atoms with Crippen molar-refractivity contribution in [3.05, 3.63) is 71.3 Å². The highest BCUT2D eigenvalue weighted by Crippen LogP contribution is 2.25. The molecule has 1 aliphatic rings. The summed E-state index contributed by atoms with van der Waals surface area (Å²) in [6.07, 6.45) is 2.65. The van der Waals surface area contributed by atoms with Crippen molar-refractivity contribution < 1.29 is 14.7 Å². The van der Waals surface area contributed by atoms with Gasteiger partial charge >= 0.3 is 5.97 Å². The van der Waals surface area contributed by atoms with Gasteiger partial charge < -0.3 is 15.3 Å². The van der Waals surface area contributed by atoms with Crippen LogP contribution in [0.5, 0.6) is 0 Å². The molecule has 0 saturated carbocycles. The topological polar surface area (TPSA) is 69.6 Å². The Labute approximate surface area is 159 Å². The fourth-order valence-electron chi connectivity index (χ4n) is 3.22. The maximum atomic E-state index is 12.6. The van der Waals surface area contributed by atoms with Crippen molar-refractivity contribution in [2.75, 3.05) is 16.8 Å². The lowest BCUT2D eigenvalue weighted by molar-refractivity contribution is -0.137. The molecule has 5 heteroatoms. The second-order valence-electron chi connectivity index (χ2n) is 6.86. The first-order valence-corrected chi connectivity index (χ1v) is 9.08. The molecule has 27 heavy (non-hydrogen) atoms.